The van der Waals surface area contributed by atoms with Crippen molar-refractivity contribution in [1.82, 2.24) is 25.5 Å². The maximum atomic E-state index is 14.4. The van der Waals surface area contributed by atoms with Crippen LogP contribution >= 0.6 is 0 Å². The molecule has 41 heavy (non-hydrogen) atoms. The second kappa shape index (κ2) is 12.0. The van der Waals surface area contributed by atoms with Crippen molar-refractivity contribution < 1.29 is 28.2 Å². The predicted molar refractivity (Wildman–Crippen MR) is 149 cm³/mol. The first-order valence-corrected chi connectivity index (χ1v) is 12.6. The van der Waals surface area contributed by atoms with Gasteiger partial charge in [-0.1, -0.05) is 6.07 Å². The summed E-state index contributed by atoms with van der Waals surface area (Å²) in [4.78, 5) is 29.7. The molecule has 0 saturated heterocycles. The van der Waals surface area contributed by atoms with Crippen molar-refractivity contribution in [3.8, 4) is 22.9 Å². The van der Waals surface area contributed by atoms with Crippen LogP contribution in [0.1, 0.15) is 42.7 Å². The van der Waals surface area contributed by atoms with Crippen LogP contribution in [0.3, 0.4) is 0 Å². The zero-order valence-corrected chi connectivity index (χ0v) is 23.6. The fourth-order valence-corrected chi connectivity index (χ4v) is 4.30. The second-order valence-electron chi connectivity index (χ2n) is 10.1. The average molecular weight is 563 g/mol. The number of carbonyl (C=O) groups is 2. The number of nitrogens with zero attached hydrogens (tertiary/aromatic N) is 5. The van der Waals surface area contributed by atoms with Crippen molar-refractivity contribution in [2.75, 3.05) is 26.2 Å². The lowest BCUT2D eigenvalue weighted by atomic mass is 9.98. The largest absolute Gasteiger partial charge is 0.493 e. The first-order valence-electron chi connectivity index (χ1n) is 12.6. The Morgan fingerprint density at radius 2 is 1.61 bits per heavy atom. The number of tetrazole rings is 1. The van der Waals surface area contributed by atoms with Crippen LogP contribution < -0.4 is 24.4 Å². The lowest BCUT2D eigenvalue weighted by molar-refractivity contribution is -0.123. The number of hydrogen-bond donors (Lipinski definition) is 1. The van der Waals surface area contributed by atoms with Gasteiger partial charge in [0.15, 0.2) is 11.5 Å². The van der Waals surface area contributed by atoms with Crippen LogP contribution in [0.15, 0.2) is 67.0 Å². The van der Waals surface area contributed by atoms with Gasteiger partial charge in [-0.05, 0) is 91.4 Å². The van der Waals surface area contributed by atoms with Crippen molar-refractivity contribution in [1.29, 1.82) is 0 Å². The fourth-order valence-electron chi connectivity index (χ4n) is 4.30. The minimum absolute atomic E-state index is 0.239. The highest BCUT2D eigenvalue weighted by molar-refractivity contribution is 6.10. The number of benzene rings is 3. The van der Waals surface area contributed by atoms with Crippen LogP contribution in [-0.2, 0) is 4.79 Å². The average Bonchev–Trinajstić information content (AvgIpc) is 3.50. The maximum absolute atomic E-state index is 14.4. The third kappa shape index (κ3) is 6.43. The molecule has 0 bridgehead atoms. The number of ether oxygens (including phenoxy) is 3. The minimum Gasteiger partial charge on any atom is -0.493 e. The van der Waals surface area contributed by atoms with Crippen molar-refractivity contribution in [2.24, 2.45) is 0 Å². The van der Waals surface area contributed by atoms with Gasteiger partial charge in [0.2, 0.25) is 11.7 Å². The van der Waals surface area contributed by atoms with Gasteiger partial charge in [-0.25, -0.2) is 9.07 Å². The van der Waals surface area contributed by atoms with E-state index in [1.54, 1.807) is 36.4 Å². The normalized spacial score (nSPS) is 11.9. The van der Waals surface area contributed by atoms with Crippen molar-refractivity contribution >= 4 is 17.5 Å². The molecule has 1 aromatic heterocycles. The fraction of sp³-hybridized carbons (Fsp3) is 0.276. The number of anilines is 1. The summed E-state index contributed by atoms with van der Waals surface area (Å²) in [5.41, 5.74) is 0.780. The molecule has 0 aliphatic carbocycles. The molecule has 11 nitrogen and oxygen atoms in total. The van der Waals surface area contributed by atoms with Gasteiger partial charge < -0.3 is 19.5 Å². The zero-order valence-electron chi connectivity index (χ0n) is 23.6. The first kappa shape index (κ1) is 29.0. The third-order valence-corrected chi connectivity index (χ3v) is 6.04. The minimum atomic E-state index is -1.24. The Hall–Kier alpha value is -5.00. The van der Waals surface area contributed by atoms with E-state index in [2.05, 4.69) is 20.8 Å². The van der Waals surface area contributed by atoms with Crippen LogP contribution in [-0.4, -0.2) is 58.9 Å². The van der Waals surface area contributed by atoms with E-state index >= 15 is 0 Å². The van der Waals surface area contributed by atoms with E-state index in [4.69, 9.17) is 14.2 Å². The van der Waals surface area contributed by atoms with Crippen molar-refractivity contribution in [3.63, 3.8) is 0 Å². The third-order valence-electron chi connectivity index (χ3n) is 6.04. The maximum Gasteiger partial charge on any atom is 0.259 e. The highest BCUT2D eigenvalue weighted by Gasteiger charge is 2.36. The summed E-state index contributed by atoms with van der Waals surface area (Å²) in [7, 11) is 4.38. The molecule has 3 aromatic carbocycles. The first-order chi connectivity index (χ1) is 19.6. The van der Waals surface area contributed by atoms with Gasteiger partial charge in [0.05, 0.1) is 27.0 Å². The van der Waals surface area contributed by atoms with Gasteiger partial charge in [0.1, 0.15) is 18.2 Å². The lowest BCUT2D eigenvalue weighted by Gasteiger charge is -2.34. The molecular weight excluding hydrogens is 531 g/mol. The Kier molecular flexibility index (Phi) is 8.51. The Labute approximate surface area is 236 Å². The summed E-state index contributed by atoms with van der Waals surface area (Å²) < 4.78 is 32.0. The van der Waals surface area contributed by atoms with Gasteiger partial charge >= 0.3 is 0 Å². The van der Waals surface area contributed by atoms with E-state index in [0.29, 0.717) is 28.5 Å². The monoisotopic (exact) mass is 562 g/mol. The van der Waals surface area contributed by atoms with Crippen LogP contribution in [0.4, 0.5) is 10.1 Å². The molecule has 0 fully saturated rings. The predicted octanol–water partition coefficient (Wildman–Crippen LogP) is 4.13. The van der Waals surface area contributed by atoms with Gasteiger partial charge in [-0.3, -0.25) is 14.5 Å². The lowest BCUT2D eigenvalue weighted by Crippen LogP contribution is -2.49. The molecule has 0 radical (unpaired) electrons. The molecule has 1 atom stereocenters. The molecule has 0 aliphatic heterocycles. The van der Waals surface area contributed by atoms with Gasteiger partial charge in [0.25, 0.3) is 5.91 Å². The second-order valence-corrected chi connectivity index (χ2v) is 10.1. The van der Waals surface area contributed by atoms with Gasteiger partial charge in [0, 0.05) is 16.8 Å². The summed E-state index contributed by atoms with van der Waals surface area (Å²) in [5.74, 6) is -0.603. The zero-order chi connectivity index (χ0) is 29.7. The summed E-state index contributed by atoms with van der Waals surface area (Å²) in [6, 6.07) is 13.9. The topological polar surface area (TPSA) is 121 Å². The Morgan fingerprint density at radius 1 is 0.951 bits per heavy atom. The molecular formula is C29H31FN6O5. The van der Waals surface area contributed by atoms with E-state index in [0.717, 1.165) is 0 Å². The highest BCUT2D eigenvalue weighted by atomic mass is 19.1. The van der Waals surface area contributed by atoms with Crippen LogP contribution in [0.25, 0.3) is 5.69 Å². The number of halogens is 1. The van der Waals surface area contributed by atoms with E-state index in [-0.39, 0.29) is 11.3 Å². The molecule has 0 unspecified atom stereocenters. The molecule has 4 rings (SSSR count). The molecule has 2 amide bonds. The number of aromatic nitrogens is 4. The summed E-state index contributed by atoms with van der Waals surface area (Å²) in [5, 5.41) is 14.2. The van der Waals surface area contributed by atoms with Gasteiger partial charge in [-0.15, -0.1) is 5.10 Å². The van der Waals surface area contributed by atoms with E-state index in [1.807, 2.05) is 20.8 Å². The van der Waals surface area contributed by atoms with E-state index in [9.17, 15) is 14.0 Å². The number of amides is 2. The number of nitrogens with one attached hydrogen (secondary N) is 1. The smallest absolute Gasteiger partial charge is 0.259 e. The Balaban J connectivity index is 1.95. The molecule has 0 saturated carbocycles. The van der Waals surface area contributed by atoms with Crippen molar-refractivity contribution in [2.45, 2.75) is 32.4 Å². The summed E-state index contributed by atoms with van der Waals surface area (Å²) >= 11 is 0. The quantitative estimate of drug-likeness (QED) is 0.323. The van der Waals surface area contributed by atoms with Gasteiger partial charge in [-0.2, -0.15) is 0 Å². The number of methoxy groups -OCH3 is 3. The highest BCUT2D eigenvalue weighted by Crippen LogP contribution is 2.42. The number of rotatable bonds is 9. The molecule has 4 aromatic rings. The number of carbonyl (C=O) groups excluding carboxylic acids is 2. The molecule has 214 valence electrons. The molecule has 12 heteroatoms. The SMILES string of the molecule is COc1cc([C@@H](C(=O)NC(C)(C)C)N(C(=O)c2cccc(-n3cnnn3)c2)c2ccc(F)cc2)cc(OC)c1OC. The van der Waals surface area contributed by atoms with Crippen molar-refractivity contribution in [3.05, 3.63) is 83.9 Å². The van der Waals surface area contributed by atoms with E-state index in [1.165, 1.54) is 61.5 Å². The molecule has 1 heterocycles. The Morgan fingerprint density at radius 3 is 2.15 bits per heavy atom. The summed E-state index contributed by atoms with van der Waals surface area (Å²) in [6.07, 6.45) is 1.40. The van der Waals surface area contributed by atoms with Crippen LogP contribution in [0, 0.1) is 5.82 Å². The standard InChI is InChI=1S/C29H31FN6O5/c1-29(2,3)32-27(37)25(19-15-23(39-4)26(41-6)24(16-19)40-5)36(21-12-10-20(30)11-13-21)28(38)18-8-7-9-22(14-18)35-17-31-33-34-35/h7-17,25H,1-6H3,(H,32,37)/t25-/m0/s1. The Bertz CT molecular complexity index is 1490. The van der Waals surface area contributed by atoms with E-state index < -0.39 is 29.2 Å². The molecule has 0 spiro atoms. The van der Waals surface area contributed by atoms with Crippen LogP contribution in [0.5, 0.6) is 17.2 Å². The molecule has 1 N–H and O–H groups in total. The van der Waals surface area contributed by atoms with Crippen LogP contribution in [0.2, 0.25) is 0 Å². The summed E-state index contributed by atoms with van der Waals surface area (Å²) in [6.45, 7) is 5.49. The number of hydrogen-bond acceptors (Lipinski definition) is 8. The molecule has 0 aliphatic rings.